The summed E-state index contributed by atoms with van der Waals surface area (Å²) in [7, 11) is -36.0. The van der Waals surface area contributed by atoms with Gasteiger partial charge in [0.1, 0.15) is 0 Å². The van der Waals surface area contributed by atoms with E-state index in [4.69, 9.17) is 5.11 Å². The van der Waals surface area contributed by atoms with Crippen LogP contribution in [0, 0.1) is 5.92 Å². The molecule has 0 aromatic rings. The normalized spacial score (nSPS) is 11.9. The molecule has 0 heterocycles. The van der Waals surface area contributed by atoms with Crippen molar-refractivity contribution in [1.29, 1.82) is 0 Å². The minimum absolute atomic E-state index is 0. The standard InChI is InChI=1S/C5H10O2.6BF4.Na.H/c1-3-4(2)5(6)7;6*2-1(3,4)5;;/h4H,3H2,1-2H3,(H,6,7);;;;;;;;/q;6*-1;;. The van der Waals surface area contributed by atoms with E-state index in [1.54, 1.807) is 6.92 Å². The number of rotatable bonds is 2. The van der Waals surface area contributed by atoms with E-state index in [0.29, 0.717) is 0 Å². The summed E-state index contributed by atoms with van der Waals surface area (Å²) in [5.41, 5.74) is 0. The zero-order chi connectivity index (χ0) is 32.9. The number of carbonyl (C=O) groups is 1. The molecule has 0 spiro atoms. The summed E-state index contributed by atoms with van der Waals surface area (Å²) in [6.07, 6.45) is 0.718. The van der Waals surface area contributed by atoms with E-state index in [9.17, 15) is 108 Å². The Hall–Kier alpha value is -0.820. The number of halogens is 24. The Bertz CT molecular complexity index is 378. The van der Waals surface area contributed by atoms with E-state index >= 15 is 0 Å². The fraction of sp³-hybridized carbons (Fsp3) is 0.800. The first-order valence-corrected chi connectivity index (χ1v) is 7.65. The van der Waals surface area contributed by atoms with Crippen LogP contribution in [0.5, 0.6) is 0 Å². The molecule has 1 N–H and O–H groups in total. The first-order chi connectivity index (χ1) is 15.2. The number of hydrogen-bond acceptors (Lipinski definition) is 1. The summed E-state index contributed by atoms with van der Waals surface area (Å²) < 4.78 is 234. The molecule has 38 heavy (non-hydrogen) atoms. The number of aliphatic carboxylic acids is 1. The van der Waals surface area contributed by atoms with E-state index in [-0.39, 0.29) is 35.5 Å². The third kappa shape index (κ3) is 1530. The molecule has 0 fully saturated rings. The molecule has 2 nitrogen and oxygen atoms in total. The average molecular weight is 647 g/mol. The molecular weight excluding hydrogens is 636 g/mol. The van der Waals surface area contributed by atoms with Crippen LogP contribution in [0.1, 0.15) is 20.3 Å². The zero-order valence-electron chi connectivity index (χ0n) is 17.2. The molecule has 0 aliphatic rings. The van der Waals surface area contributed by atoms with Crippen LogP contribution in [0.15, 0.2) is 0 Å². The molecule has 0 radical (unpaired) electrons. The van der Waals surface area contributed by atoms with Gasteiger partial charge in [-0.2, -0.15) is 0 Å². The minimum atomic E-state index is -6.00. The Morgan fingerprint density at radius 2 is 0.553 bits per heavy atom. The Labute approximate surface area is 219 Å². The molecule has 33 heteroatoms. The molecule has 0 aliphatic carbocycles. The fourth-order valence-electron chi connectivity index (χ4n) is 0.175. The van der Waals surface area contributed by atoms with Crippen LogP contribution in [0.25, 0.3) is 0 Å². The third-order valence-corrected chi connectivity index (χ3v) is 1.03. The van der Waals surface area contributed by atoms with Crippen LogP contribution in [-0.4, -0.2) is 84.2 Å². The van der Waals surface area contributed by atoms with Crippen molar-refractivity contribution in [3.8, 4) is 0 Å². The van der Waals surface area contributed by atoms with Crippen LogP contribution in [-0.2, 0) is 4.79 Å². The Morgan fingerprint density at radius 3 is 0.553 bits per heavy atom. The van der Waals surface area contributed by atoms with Gasteiger partial charge in [0, 0.05) is 0 Å². The van der Waals surface area contributed by atoms with Gasteiger partial charge >= 0.3 is 79.1 Å². The summed E-state index contributed by atoms with van der Waals surface area (Å²) in [5.74, 6) is -0.887. The van der Waals surface area contributed by atoms with Crippen molar-refractivity contribution in [1.82, 2.24) is 0 Å². The van der Waals surface area contributed by atoms with Gasteiger partial charge < -0.3 is 109 Å². The van der Waals surface area contributed by atoms with Crippen molar-refractivity contribution in [2.24, 2.45) is 5.92 Å². The van der Waals surface area contributed by atoms with Gasteiger partial charge in [0.15, 0.2) is 0 Å². The van der Waals surface area contributed by atoms with Gasteiger partial charge in [-0.15, -0.1) is 0 Å². The van der Waals surface area contributed by atoms with E-state index in [1.165, 1.54) is 0 Å². The molecule has 0 rings (SSSR count). The molecule has 0 saturated carbocycles. The van der Waals surface area contributed by atoms with Gasteiger partial charge in [-0.05, 0) is 6.42 Å². The van der Waals surface area contributed by atoms with Crippen LogP contribution in [0.4, 0.5) is 104 Å². The van der Waals surface area contributed by atoms with E-state index in [2.05, 4.69) is 0 Å². The molecule has 0 amide bonds. The molecule has 0 bridgehead atoms. The molecular formula is C5H11B6F24NaO2-6. The van der Waals surface area contributed by atoms with Crippen molar-refractivity contribution in [2.75, 3.05) is 0 Å². The average Bonchev–Trinajstić information content (AvgIpc) is 2.34. The van der Waals surface area contributed by atoms with Gasteiger partial charge in [-0.3, -0.25) is 4.79 Å². The zero-order valence-corrected chi connectivity index (χ0v) is 17.2. The van der Waals surface area contributed by atoms with E-state index in [0.717, 1.165) is 6.42 Å². The van der Waals surface area contributed by atoms with Crippen molar-refractivity contribution < 1.29 is 113 Å². The summed E-state index contributed by atoms with van der Waals surface area (Å²) in [5, 5.41) is 8.18. The van der Waals surface area contributed by atoms with Crippen molar-refractivity contribution in [3.63, 3.8) is 0 Å². The van der Waals surface area contributed by atoms with E-state index < -0.39 is 49.5 Å². The second-order valence-electron chi connectivity index (χ2n) is 4.62. The number of hydrogen-bond donors (Lipinski definition) is 1. The van der Waals surface area contributed by atoms with Gasteiger partial charge in [0.25, 0.3) is 0 Å². The molecule has 236 valence electrons. The third-order valence-electron chi connectivity index (χ3n) is 1.03. The Balaban J connectivity index is -0.0000000460. The fourth-order valence-corrected chi connectivity index (χ4v) is 0.175. The van der Waals surface area contributed by atoms with Crippen molar-refractivity contribution >= 4 is 79.1 Å². The molecule has 0 aromatic heterocycles. The van der Waals surface area contributed by atoms with Crippen molar-refractivity contribution in [2.45, 2.75) is 20.3 Å². The molecule has 0 aliphatic heterocycles. The summed E-state index contributed by atoms with van der Waals surface area (Å²) in [6.45, 7) is 3.56. The van der Waals surface area contributed by atoms with E-state index in [1.807, 2.05) is 6.92 Å². The molecule has 0 aromatic carbocycles. The van der Waals surface area contributed by atoms with Gasteiger partial charge in [0.05, 0.1) is 5.92 Å². The summed E-state index contributed by atoms with van der Waals surface area (Å²) >= 11 is 0. The molecule has 1 unspecified atom stereocenters. The van der Waals surface area contributed by atoms with Crippen LogP contribution in [0.3, 0.4) is 0 Å². The maximum absolute atomic E-state index is 9.93. The predicted molar refractivity (Wildman–Crippen MR) is 95.4 cm³/mol. The molecule has 1 atom stereocenters. The first-order valence-electron chi connectivity index (χ1n) is 7.65. The summed E-state index contributed by atoms with van der Waals surface area (Å²) in [6, 6.07) is 0. The van der Waals surface area contributed by atoms with Crippen LogP contribution < -0.4 is 0 Å². The predicted octanol–water partition coefficient (Wildman–Crippen LogP) is 8.27. The number of carboxylic acids is 1. The molecule has 0 saturated heterocycles. The Kier molecular flexibility index (Phi) is 37.9. The Morgan fingerprint density at radius 1 is 0.474 bits per heavy atom. The second-order valence-corrected chi connectivity index (χ2v) is 4.62. The van der Waals surface area contributed by atoms with Crippen LogP contribution >= 0.6 is 0 Å². The second kappa shape index (κ2) is 25.2. The van der Waals surface area contributed by atoms with Gasteiger partial charge in [-0.1, -0.05) is 13.8 Å². The monoisotopic (exact) mass is 648 g/mol. The topological polar surface area (TPSA) is 37.3 Å². The maximum atomic E-state index is 9.93. The SMILES string of the molecule is CCC(C)C(=O)O.F[B-](F)(F)F.F[B-](F)(F)F.F[B-](F)(F)F.F[B-](F)(F)F.F[B-](F)(F)F.F[B-](F)(F)F.[NaH]. The summed E-state index contributed by atoms with van der Waals surface area (Å²) in [4.78, 5) is 9.93. The number of carboxylic acid groups (broad SMARTS) is 1. The van der Waals surface area contributed by atoms with Gasteiger partial charge in [-0.25, -0.2) is 0 Å². The van der Waals surface area contributed by atoms with Crippen LogP contribution in [0.2, 0.25) is 0 Å². The van der Waals surface area contributed by atoms with Crippen molar-refractivity contribution in [3.05, 3.63) is 0 Å². The quantitative estimate of drug-likeness (QED) is 0.242. The van der Waals surface area contributed by atoms with Gasteiger partial charge in [0.2, 0.25) is 0 Å². The first kappa shape index (κ1) is 57.2.